The molecule has 0 fully saturated rings. The third-order valence-corrected chi connectivity index (χ3v) is 2.80. The predicted molar refractivity (Wildman–Crippen MR) is 82.2 cm³/mol. The van der Waals surface area contributed by atoms with Gasteiger partial charge in [-0.25, -0.2) is 0 Å². The molecule has 0 aliphatic rings. The Balaban J connectivity index is 2.23. The summed E-state index contributed by atoms with van der Waals surface area (Å²) in [6, 6.07) is 11.2. The highest BCUT2D eigenvalue weighted by atomic mass is 16.6. The number of carbonyl (C=O) groups is 1. The first-order chi connectivity index (χ1) is 10.1. The maximum Gasteiger partial charge on any atom is 0.308 e. The zero-order valence-corrected chi connectivity index (χ0v) is 12.3. The molecule has 2 aromatic rings. The van der Waals surface area contributed by atoms with Gasteiger partial charge in [-0.15, -0.1) is 0 Å². The van der Waals surface area contributed by atoms with Crippen molar-refractivity contribution in [1.29, 1.82) is 0 Å². The fraction of sp³-hybridized carbons (Fsp3) is 0.176. The van der Waals surface area contributed by atoms with Crippen molar-refractivity contribution in [3.63, 3.8) is 0 Å². The maximum atomic E-state index is 11.0. The Hall–Kier alpha value is -2.62. The molecule has 2 rings (SSSR count). The molecule has 1 aromatic carbocycles. The van der Waals surface area contributed by atoms with Gasteiger partial charge in [0.15, 0.2) is 11.5 Å². The first-order valence-corrected chi connectivity index (χ1v) is 6.56. The number of benzene rings is 1. The number of esters is 1. The molecule has 0 radical (unpaired) electrons. The average Bonchev–Trinajstić information content (AvgIpc) is 2.45. The summed E-state index contributed by atoms with van der Waals surface area (Å²) in [6.07, 6.45) is 3.86. The van der Waals surface area contributed by atoms with Crippen LogP contribution in [0.5, 0.6) is 11.5 Å². The molecule has 0 aliphatic heterocycles. The third-order valence-electron chi connectivity index (χ3n) is 2.80. The lowest BCUT2D eigenvalue weighted by Crippen LogP contribution is -2.02. The lowest BCUT2D eigenvalue weighted by atomic mass is 10.1. The van der Waals surface area contributed by atoms with Crippen molar-refractivity contribution >= 4 is 18.1 Å². The van der Waals surface area contributed by atoms with Gasteiger partial charge in [-0.2, -0.15) is 0 Å². The van der Waals surface area contributed by atoms with E-state index in [9.17, 15) is 4.79 Å². The number of aromatic nitrogens is 1. The van der Waals surface area contributed by atoms with E-state index in [0.717, 1.165) is 17.0 Å². The average molecular weight is 283 g/mol. The highest BCUT2D eigenvalue weighted by molar-refractivity contribution is 5.72. The van der Waals surface area contributed by atoms with Gasteiger partial charge < -0.3 is 9.47 Å². The minimum Gasteiger partial charge on any atom is -0.493 e. The second-order valence-corrected chi connectivity index (χ2v) is 4.54. The number of hydrogen-bond donors (Lipinski definition) is 0. The summed E-state index contributed by atoms with van der Waals surface area (Å²) < 4.78 is 10.3. The van der Waals surface area contributed by atoms with Crippen molar-refractivity contribution in [3.05, 3.63) is 53.3 Å². The van der Waals surface area contributed by atoms with E-state index in [1.807, 2.05) is 49.4 Å². The molecule has 0 unspecified atom stereocenters. The zero-order valence-electron chi connectivity index (χ0n) is 12.3. The predicted octanol–water partition coefficient (Wildman–Crippen LogP) is 3.49. The summed E-state index contributed by atoms with van der Waals surface area (Å²) in [4.78, 5) is 15.4. The standard InChI is InChI=1S/C17H17NO3/c1-12-5-4-6-15(18-12)9-7-14-8-10-16(21-13(2)19)17(11-14)20-3/h4-11H,1-3H3. The van der Waals surface area contributed by atoms with Crippen LogP contribution in [-0.2, 0) is 4.79 Å². The van der Waals surface area contributed by atoms with Crippen molar-refractivity contribution in [1.82, 2.24) is 4.98 Å². The summed E-state index contributed by atoms with van der Waals surface area (Å²) in [6.45, 7) is 3.31. The molecule has 1 aromatic heterocycles. The molecule has 0 bridgehead atoms. The van der Waals surface area contributed by atoms with Crippen LogP contribution in [0.25, 0.3) is 12.2 Å². The molecule has 1 heterocycles. The van der Waals surface area contributed by atoms with Gasteiger partial charge in [-0.3, -0.25) is 9.78 Å². The first kappa shape index (κ1) is 14.8. The molecule has 0 aliphatic carbocycles. The normalized spacial score (nSPS) is 10.6. The molecule has 21 heavy (non-hydrogen) atoms. The fourth-order valence-electron chi connectivity index (χ4n) is 1.87. The van der Waals surface area contributed by atoms with E-state index in [0.29, 0.717) is 11.5 Å². The second-order valence-electron chi connectivity index (χ2n) is 4.54. The quantitative estimate of drug-likeness (QED) is 0.636. The van der Waals surface area contributed by atoms with E-state index in [4.69, 9.17) is 9.47 Å². The van der Waals surface area contributed by atoms with Gasteiger partial charge in [0, 0.05) is 12.6 Å². The van der Waals surface area contributed by atoms with Gasteiger partial charge in [0.2, 0.25) is 0 Å². The number of hydrogen-bond acceptors (Lipinski definition) is 4. The number of ether oxygens (including phenoxy) is 2. The zero-order chi connectivity index (χ0) is 15.2. The number of pyridine rings is 1. The van der Waals surface area contributed by atoms with Crippen LogP contribution in [0.1, 0.15) is 23.9 Å². The minimum atomic E-state index is -0.374. The first-order valence-electron chi connectivity index (χ1n) is 6.56. The van der Waals surface area contributed by atoms with E-state index in [-0.39, 0.29) is 5.97 Å². The smallest absolute Gasteiger partial charge is 0.308 e. The SMILES string of the molecule is COc1cc(C=Cc2cccc(C)n2)ccc1OC(C)=O. The van der Waals surface area contributed by atoms with Crippen LogP contribution >= 0.6 is 0 Å². The largest absolute Gasteiger partial charge is 0.493 e. The highest BCUT2D eigenvalue weighted by Crippen LogP contribution is 2.28. The lowest BCUT2D eigenvalue weighted by Gasteiger charge is -2.08. The molecule has 0 N–H and O–H groups in total. The van der Waals surface area contributed by atoms with Crippen molar-refractivity contribution < 1.29 is 14.3 Å². The number of rotatable bonds is 4. The van der Waals surface area contributed by atoms with Gasteiger partial charge in [-0.05, 0) is 42.8 Å². The summed E-state index contributed by atoms with van der Waals surface area (Å²) in [5, 5.41) is 0. The molecular weight excluding hydrogens is 266 g/mol. The van der Waals surface area contributed by atoms with E-state index in [2.05, 4.69) is 4.98 Å². The molecular formula is C17H17NO3. The van der Waals surface area contributed by atoms with E-state index in [1.54, 1.807) is 6.07 Å². The molecule has 108 valence electrons. The van der Waals surface area contributed by atoms with Gasteiger partial charge >= 0.3 is 5.97 Å². The summed E-state index contributed by atoms with van der Waals surface area (Å²) in [7, 11) is 1.54. The summed E-state index contributed by atoms with van der Waals surface area (Å²) >= 11 is 0. The molecule has 0 saturated carbocycles. The van der Waals surface area contributed by atoms with Crippen LogP contribution in [0.3, 0.4) is 0 Å². The lowest BCUT2D eigenvalue weighted by molar-refractivity contribution is -0.132. The monoisotopic (exact) mass is 283 g/mol. The Morgan fingerprint density at radius 3 is 2.62 bits per heavy atom. The number of methoxy groups -OCH3 is 1. The van der Waals surface area contributed by atoms with Crippen LogP contribution in [0.4, 0.5) is 0 Å². The highest BCUT2D eigenvalue weighted by Gasteiger charge is 2.06. The van der Waals surface area contributed by atoms with E-state index >= 15 is 0 Å². The van der Waals surface area contributed by atoms with Crippen LogP contribution in [0.15, 0.2) is 36.4 Å². The maximum absolute atomic E-state index is 11.0. The molecule has 0 saturated heterocycles. The minimum absolute atomic E-state index is 0.374. The van der Waals surface area contributed by atoms with Crippen LogP contribution in [0.2, 0.25) is 0 Å². The number of nitrogens with zero attached hydrogens (tertiary/aromatic N) is 1. The Labute approximate surface area is 124 Å². The van der Waals surface area contributed by atoms with Crippen molar-refractivity contribution in [3.8, 4) is 11.5 Å². The molecule has 0 atom stereocenters. The van der Waals surface area contributed by atoms with Crippen LogP contribution in [0, 0.1) is 6.92 Å². The van der Waals surface area contributed by atoms with Gasteiger partial charge in [-0.1, -0.05) is 18.2 Å². The second kappa shape index (κ2) is 6.70. The number of carbonyl (C=O) groups excluding carboxylic acids is 1. The Morgan fingerprint density at radius 2 is 1.95 bits per heavy atom. The van der Waals surface area contributed by atoms with Gasteiger partial charge in [0.25, 0.3) is 0 Å². The Morgan fingerprint density at radius 1 is 1.14 bits per heavy atom. The van der Waals surface area contributed by atoms with Crippen molar-refractivity contribution in [2.45, 2.75) is 13.8 Å². The topological polar surface area (TPSA) is 48.4 Å². The summed E-state index contributed by atoms with van der Waals surface area (Å²) in [5.74, 6) is 0.556. The van der Waals surface area contributed by atoms with Crippen molar-refractivity contribution in [2.24, 2.45) is 0 Å². The number of aryl methyl sites for hydroxylation is 1. The summed E-state index contributed by atoms with van der Waals surface area (Å²) in [5.41, 5.74) is 2.80. The van der Waals surface area contributed by atoms with E-state index in [1.165, 1.54) is 14.0 Å². The molecule has 0 amide bonds. The molecule has 4 heteroatoms. The van der Waals surface area contributed by atoms with Crippen LogP contribution < -0.4 is 9.47 Å². The van der Waals surface area contributed by atoms with Crippen LogP contribution in [-0.4, -0.2) is 18.1 Å². The van der Waals surface area contributed by atoms with Gasteiger partial charge in [0.05, 0.1) is 12.8 Å². The third kappa shape index (κ3) is 4.18. The van der Waals surface area contributed by atoms with Crippen molar-refractivity contribution in [2.75, 3.05) is 7.11 Å². The Kier molecular flexibility index (Phi) is 4.72. The van der Waals surface area contributed by atoms with E-state index < -0.39 is 0 Å². The van der Waals surface area contributed by atoms with Gasteiger partial charge in [0.1, 0.15) is 0 Å². The fourth-order valence-corrected chi connectivity index (χ4v) is 1.87. The molecule has 4 nitrogen and oxygen atoms in total. The Bertz CT molecular complexity index is 677. The molecule has 0 spiro atoms.